The summed E-state index contributed by atoms with van der Waals surface area (Å²) in [6.45, 7) is 0. The first-order valence-corrected chi connectivity index (χ1v) is 15.2. The van der Waals surface area contributed by atoms with Gasteiger partial charge in [0.2, 0.25) is 0 Å². The van der Waals surface area contributed by atoms with Gasteiger partial charge in [-0.15, -0.1) is 11.3 Å². The lowest BCUT2D eigenvalue weighted by Gasteiger charge is -2.09. The Bertz CT molecular complexity index is 2500. The van der Waals surface area contributed by atoms with Gasteiger partial charge in [-0.05, 0) is 29.7 Å². The number of aromatic nitrogens is 4. The summed E-state index contributed by atoms with van der Waals surface area (Å²) in [7, 11) is 0. The highest BCUT2D eigenvalue weighted by atomic mass is 32.1. The van der Waals surface area contributed by atoms with Gasteiger partial charge in [0.25, 0.3) is 0 Å². The van der Waals surface area contributed by atoms with E-state index >= 15 is 0 Å². The molecule has 0 saturated carbocycles. The quantitative estimate of drug-likeness (QED) is 0.207. The molecule has 0 atom stereocenters. The van der Waals surface area contributed by atoms with Crippen LogP contribution in [-0.4, -0.2) is 19.9 Å². The Labute approximate surface area is 256 Å². The average Bonchev–Trinajstić information content (AvgIpc) is 3.71. The third kappa shape index (κ3) is 4.07. The highest BCUT2D eigenvalue weighted by molar-refractivity contribution is 7.22. The first-order chi connectivity index (χ1) is 21.8. The van der Waals surface area contributed by atoms with Crippen LogP contribution in [0.3, 0.4) is 0 Å². The zero-order chi connectivity index (χ0) is 29.0. The van der Waals surface area contributed by atoms with Crippen LogP contribution >= 0.6 is 11.3 Å². The molecule has 9 aromatic rings. The molecule has 0 spiro atoms. The van der Waals surface area contributed by atoms with Gasteiger partial charge in [0, 0.05) is 32.8 Å². The molecule has 0 saturated heterocycles. The molecular formula is C38H22N4OS. The molecule has 6 aromatic carbocycles. The summed E-state index contributed by atoms with van der Waals surface area (Å²) in [6, 6.07) is 45.2. The summed E-state index contributed by atoms with van der Waals surface area (Å²) in [5, 5.41) is 5.40. The van der Waals surface area contributed by atoms with E-state index in [2.05, 4.69) is 54.6 Å². The van der Waals surface area contributed by atoms with Crippen LogP contribution in [0, 0.1) is 0 Å². The van der Waals surface area contributed by atoms with Gasteiger partial charge in [-0.2, -0.15) is 0 Å². The second-order valence-corrected chi connectivity index (χ2v) is 11.7. The Morgan fingerprint density at radius 2 is 1.18 bits per heavy atom. The number of fused-ring (bicyclic) bond motifs is 6. The van der Waals surface area contributed by atoms with E-state index in [0.29, 0.717) is 17.5 Å². The number of hydrogen-bond acceptors (Lipinski definition) is 6. The fraction of sp³-hybridized carbons (Fsp3) is 0. The molecule has 5 nitrogen and oxygen atoms in total. The molecule has 9 rings (SSSR count). The molecule has 206 valence electrons. The lowest BCUT2D eigenvalue weighted by atomic mass is 10.1. The fourth-order valence-electron chi connectivity index (χ4n) is 5.82. The zero-order valence-electron chi connectivity index (χ0n) is 23.3. The van der Waals surface area contributed by atoms with Crippen molar-refractivity contribution in [2.75, 3.05) is 0 Å². The van der Waals surface area contributed by atoms with E-state index in [1.807, 2.05) is 78.9 Å². The summed E-state index contributed by atoms with van der Waals surface area (Å²) in [4.78, 5) is 19.9. The summed E-state index contributed by atoms with van der Waals surface area (Å²) >= 11 is 1.72. The van der Waals surface area contributed by atoms with Crippen molar-refractivity contribution in [1.82, 2.24) is 19.9 Å². The van der Waals surface area contributed by atoms with E-state index in [-0.39, 0.29) is 0 Å². The van der Waals surface area contributed by atoms with E-state index in [1.54, 1.807) is 11.3 Å². The van der Waals surface area contributed by atoms with Crippen LogP contribution in [0.1, 0.15) is 0 Å². The fourth-order valence-corrected chi connectivity index (χ4v) is 6.93. The van der Waals surface area contributed by atoms with Crippen molar-refractivity contribution >= 4 is 54.3 Å². The van der Waals surface area contributed by atoms with Crippen LogP contribution in [0.4, 0.5) is 0 Å². The topological polar surface area (TPSA) is 64.7 Å². The molecule has 0 radical (unpaired) electrons. The number of para-hydroxylation sites is 2. The van der Waals surface area contributed by atoms with Crippen molar-refractivity contribution < 1.29 is 4.42 Å². The standard InChI is InChI=1S/C38H22N4OS/c1-3-10-23(11-4-1)35-40-36(42-37(41-35)30-16-9-15-29-28-14-7-8-17-32(28)43-33(29)30)26-18-20-27-25(22-26)19-21-31-34(27)44-38(39-31)24-12-5-2-6-13-24/h1-22H. The number of hydrogen-bond donors (Lipinski definition) is 0. The Balaban J connectivity index is 1.22. The minimum atomic E-state index is 0.573. The van der Waals surface area contributed by atoms with Gasteiger partial charge in [0.05, 0.1) is 15.8 Å². The maximum Gasteiger partial charge on any atom is 0.167 e. The normalized spacial score (nSPS) is 11.6. The van der Waals surface area contributed by atoms with E-state index in [1.165, 1.54) is 4.70 Å². The molecule has 0 aliphatic rings. The van der Waals surface area contributed by atoms with Crippen molar-refractivity contribution in [2.45, 2.75) is 0 Å². The van der Waals surface area contributed by atoms with Crippen molar-refractivity contribution in [3.8, 4) is 44.7 Å². The number of rotatable bonds is 4. The molecule has 0 fully saturated rings. The van der Waals surface area contributed by atoms with Crippen LogP contribution in [-0.2, 0) is 0 Å². The van der Waals surface area contributed by atoms with Gasteiger partial charge < -0.3 is 4.42 Å². The summed E-state index contributed by atoms with van der Waals surface area (Å²) in [5.74, 6) is 1.80. The molecule has 0 unspecified atom stereocenters. The maximum absolute atomic E-state index is 6.36. The first-order valence-electron chi connectivity index (χ1n) is 14.4. The third-order valence-corrected chi connectivity index (χ3v) is 9.12. The van der Waals surface area contributed by atoms with E-state index in [0.717, 1.165) is 65.5 Å². The molecule has 44 heavy (non-hydrogen) atoms. The van der Waals surface area contributed by atoms with Crippen LogP contribution in [0.25, 0.3) is 87.7 Å². The third-order valence-electron chi connectivity index (χ3n) is 7.96. The second kappa shape index (κ2) is 9.93. The van der Waals surface area contributed by atoms with Crippen molar-refractivity contribution in [3.63, 3.8) is 0 Å². The lowest BCUT2D eigenvalue weighted by molar-refractivity contribution is 0.669. The molecule has 3 heterocycles. The molecule has 0 amide bonds. The molecule has 0 N–H and O–H groups in total. The SMILES string of the molecule is c1ccc(-c2nc(-c3ccc4c(ccc5nc(-c6ccccc6)sc54)c3)nc(-c3cccc4c3oc3ccccc34)n2)cc1. The van der Waals surface area contributed by atoms with Crippen LogP contribution in [0.5, 0.6) is 0 Å². The second-order valence-electron chi connectivity index (χ2n) is 10.7. The van der Waals surface area contributed by atoms with E-state index < -0.39 is 0 Å². The van der Waals surface area contributed by atoms with Crippen LogP contribution in [0.15, 0.2) is 138 Å². The highest BCUT2D eigenvalue weighted by Crippen LogP contribution is 2.38. The molecule has 0 aliphatic carbocycles. The minimum absolute atomic E-state index is 0.573. The molecule has 6 heteroatoms. The van der Waals surface area contributed by atoms with Crippen LogP contribution < -0.4 is 0 Å². The Hall–Kier alpha value is -5.72. The summed E-state index contributed by atoms with van der Waals surface area (Å²) in [6.07, 6.45) is 0. The van der Waals surface area contributed by atoms with Gasteiger partial charge in [-0.1, -0.05) is 109 Å². The predicted octanol–water partition coefficient (Wildman–Crippen LogP) is 10.2. The highest BCUT2D eigenvalue weighted by Gasteiger charge is 2.18. The summed E-state index contributed by atoms with van der Waals surface area (Å²) in [5.41, 5.74) is 6.42. The Kier molecular flexibility index (Phi) is 5.61. The van der Waals surface area contributed by atoms with Gasteiger partial charge in [0.15, 0.2) is 17.5 Å². The van der Waals surface area contributed by atoms with Gasteiger partial charge >= 0.3 is 0 Å². The van der Waals surface area contributed by atoms with Crippen molar-refractivity contribution in [3.05, 3.63) is 133 Å². The number of nitrogens with zero attached hydrogens (tertiary/aromatic N) is 4. The van der Waals surface area contributed by atoms with Gasteiger partial charge in [-0.25, -0.2) is 19.9 Å². The number of thiazole rings is 1. The minimum Gasteiger partial charge on any atom is -0.455 e. The molecule has 0 aliphatic heterocycles. The largest absolute Gasteiger partial charge is 0.455 e. The lowest BCUT2D eigenvalue weighted by Crippen LogP contribution is -2.00. The summed E-state index contributed by atoms with van der Waals surface area (Å²) < 4.78 is 7.53. The Morgan fingerprint density at radius 1 is 0.477 bits per heavy atom. The van der Waals surface area contributed by atoms with Crippen molar-refractivity contribution in [1.29, 1.82) is 0 Å². The van der Waals surface area contributed by atoms with Gasteiger partial charge in [0.1, 0.15) is 16.2 Å². The smallest absolute Gasteiger partial charge is 0.167 e. The number of benzene rings is 6. The maximum atomic E-state index is 6.36. The number of furan rings is 1. The molecule has 3 aromatic heterocycles. The van der Waals surface area contributed by atoms with Gasteiger partial charge in [-0.3, -0.25) is 0 Å². The van der Waals surface area contributed by atoms with E-state index in [9.17, 15) is 0 Å². The van der Waals surface area contributed by atoms with Crippen molar-refractivity contribution in [2.24, 2.45) is 0 Å². The predicted molar refractivity (Wildman–Crippen MR) is 180 cm³/mol. The molecule has 0 bridgehead atoms. The van der Waals surface area contributed by atoms with E-state index in [4.69, 9.17) is 24.4 Å². The van der Waals surface area contributed by atoms with Crippen LogP contribution in [0.2, 0.25) is 0 Å². The monoisotopic (exact) mass is 582 g/mol. The Morgan fingerprint density at radius 3 is 2.02 bits per heavy atom. The first kappa shape index (κ1) is 24.8. The molecular weight excluding hydrogens is 561 g/mol. The zero-order valence-corrected chi connectivity index (χ0v) is 24.1. The average molecular weight is 583 g/mol.